The van der Waals surface area contributed by atoms with E-state index in [2.05, 4.69) is 22.0 Å². The molecule has 0 saturated carbocycles. The normalized spacial score (nSPS) is 14.3. The first-order chi connectivity index (χ1) is 16.9. The number of benzene rings is 3. The summed E-state index contributed by atoms with van der Waals surface area (Å²) in [5.41, 5.74) is 2.57. The Labute approximate surface area is 213 Å². The van der Waals surface area contributed by atoms with Gasteiger partial charge in [-0.3, -0.25) is 14.5 Å². The maximum absolute atomic E-state index is 13.0. The van der Waals surface area contributed by atoms with E-state index in [-0.39, 0.29) is 23.6 Å². The van der Waals surface area contributed by atoms with Crippen LogP contribution >= 0.6 is 27.7 Å². The summed E-state index contributed by atoms with van der Waals surface area (Å²) in [6.07, 6.45) is 1.61. The van der Waals surface area contributed by atoms with Crippen LogP contribution in [0.15, 0.2) is 76.1 Å². The number of amides is 2. The van der Waals surface area contributed by atoms with Gasteiger partial charge in [0.2, 0.25) is 0 Å². The summed E-state index contributed by atoms with van der Waals surface area (Å²) in [4.78, 5) is 38.0. The van der Waals surface area contributed by atoms with Gasteiger partial charge in [0.05, 0.1) is 28.6 Å². The molecule has 0 radical (unpaired) electrons. The van der Waals surface area contributed by atoms with Gasteiger partial charge < -0.3 is 9.84 Å². The molecule has 0 aliphatic carbocycles. The second kappa shape index (κ2) is 10.6. The van der Waals surface area contributed by atoms with Crippen molar-refractivity contribution in [1.82, 2.24) is 4.90 Å². The summed E-state index contributed by atoms with van der Waals surface area (Å²) in [6, 6.07) is 20.6. The Bertz CT molecular complexity index is 1400. The summed E-state index contributed by atoms with van der Waals surface area (Å²) < 4.78 is 6.70. The lowest BCUT2D eigenvalue weighted by Gasteiger charge is -2.13. The zero-order chi connectivity index (χ0) is 24.9. The molecule has 1 aliphatic heterocycles. The summed E-state index contributed by atoms with van der Waals surface area (Å²) in [5.74, 6) is -0.946. The minimum absolute atomic E-state index is 0.0138. The zero-order valence-electron chi connectivity index (χ0n) is 18.1. The molecule has 2 amide bonds. The number of carbonyl (C=O) groups is 3. The van der Waals surface area contributed by atoms with Crippen molar-refractivity contribution in [3.05, 3.63) is 104 Å². The van der Waals surface area contributed by atoms with Crippen LogP contribution in [0.1, 0.15) is 32.6 Å². The molecule has 4 rings (SSSR count). The standard InChI is InChI=1S/C26H17BrN2O5S/c27-21-9-10-22(34-15-16-5-7-17(8-6-16)25(31)32)20(11-21)12-23-24(30)29(26(33)35-23)14-19-4-2-1-3-18(19)13-28/h1-12H,14-15H2,(H,31,32)/b23-12+. The molecule has 0 unspecified atom stereocenters. The minimum atomic E-state index is -1.00. The van der Waals surface area contributed by atoms with Gasteiger partial charge in [-0.05, 0) is 65.4 Å². The minimum Gasteiger partial charge on any atom is -0.488 e. The highest BCUT2D eigenvalue weighted by Crippen LogP contribution is 2.36. The molecule has 0 aromatic heterocycles. The molecule has 1 fully saturated rings. The monoisotopic (exact) mass is 548 g/mol. The highest BCUT2D eigenvalue weighted by atomic mass is 79.9. The van der Waals surface area contributed by atoms with Crippen LogP contribution in [0.2, 0.25) is 0 Å². The predicted molar refractivity (Wildman–Crippen MR) is 135 cm³/mol. The number of halogens is 1. The highest BCUT2D eigenvalue weighted by Gasteiger charge is 2.35. The number of imide groups is 1. The van der Waals surface area contributed by atoms with E-state index in [1.54, 1.807) is 60.7 Å². The van der Waals surface area contributed by atoms with Crippen molar-refractivity contribution in [2.75, 3.05) is 0 Å². The molecule has 1 heterocycles. The molecule has 0 atom stereocenters. The number of hydrogen-bond acceptors (Lipinski definition) is 6. The van der Waals surface area contributed by atoms with E-state index in [4.69, 9.17) is 9.84 Å². The van der Waals surface area contributed by atoms with Gasteiger partial charge in [-0.15, -0.1) is 0 Å². The van der Waals surface area contributed by atoms with Crippen LogP contribution in [-0.4, -0.2) is 27.1 Å². The van der Waals surface area contributed by atoms with Crippen molar-refractivity contribution in [1.29, 1.82) is 5.26 Å². The molecular weight excluding hydrogens is 532 g/mol. The van der Waals surface area contributed by atoms with E-state index in [9.17, 15) is 19.6 Å². The van der Waals surface area contributed by atoms with Gasteiger partial charge in [-0.25, -0.2) is 4.79 Å². The van der Waals surface area contributed by atoms with E-state index in [1.165, 1.54) is 12.1 Å². The molecule has 1 aliphatic rings. The van der Waals surface area contributed by atoms with Crippen LogP contribution in [0.3, 0.4) is 0 Å². The van der Waals surface area contributed by atoms with Crippen LogP contribution in [-0.2, 0) is 17.9 Å². The predicted octanol–water partition coefficient (Wildman–Crippen LogP) is 5.83. The van der Waals surface area contributed by atoms with E-state index in [0.717, 1.165) is 26.7 Å². The van der Waals surface area contributed by atoms with Crippen molar-refractivity contribution in [2.24, 2.45) is 0 Å². The fraction of sp³-hybridized carbons (Fsp3) is 0.0769. The first-order valence-electron chi connectivity index (χ1n) is 10.3. The molecular formula is C26H17BrN2O5S. The molecule has 174 valence electrons. The maximum atomic E-state index is 13.0. The Morgan fingerprint density at radius 1 is 1.11 bits per heavy atom. The lowest BCUT2D eigenvalue weighted by atomic mass is 10.1. The van der Waals surface area contributed by atoms with Crippen molar-refractivity contribution < 1.29 is 24.2 Å². The smallest absolute Gasteiger partial charge is 0.335 e. The Hall–Kier alpha value is -3.87. The maximum Gasteiger partial charge on any atom is 0.335 e. The third kappa shape index (κ3) is 5.62. The number of aromatic carboxylic acids is 1. The van der Waals surface area contributed by atoms with Crippen LogP contribution in [0.4, 0.5) is 4.79 Å². The zero-order valence-corrected chi connectivity index (χ0v) is 20.5. The number of hydrogen-bond donors (Lipinski definition) is 1. The average molecular weight is 549 g/mol. The van der Waals surface area contributed by atoms with E-state index < -0.39 is 17.1 Å². The van der Waals surface area contributed by atoms with Crippen LogP contribution in [0.5, 0.6) is 5.75 Å². The summed E-state index contributed by atoms with van der Waals surface area (Å²) >= 11 is 4.25. The summed E-state index contributed by atoms with van der Waals surface area (Å²) in [6.45, 7) is 0.203. The number of nitriles is 1. The fourth-order valence-electron chi connectivity index (χ4n) is 3.38. The molecule has 7 nitrogen and oxygen atoms in total. The van der Waals surface area contributed by atoms with Crippen molar-refractivity contribution in [2.45, 2.75) is 13.2 Å². The van der Waals surface area contributed by atoms with Gasteiger partial charge in [0.15, 0.2) is 0 Å². The van der Waals surface area contributed by atoms with Gasteiger partial charge in [-0.1, -0.05) is 46.3 Å². The SMILES string of the molecule is N#Cc1ccccc1CN1C(=O)S/C(=C/c2cc(Br)ccc2OCc2ccc(C(=O)O)cc2)C1=O. The second-order valence-electron chi connectivity index (χ2n) is 7.51. The number of carboxylic acid groups (broad SMARTS) is 1. The van der Waals surface area contributed by atoms with Crippen molar-refractivity contribution >= 4 is 50.9 Å². The quantitative estimate of drug-likeness (QED) is 0.369. The van der Waals surface area contributed by atoms with E-state index >= 15 is 0 Å². The third-order valence-electron chi connectivity index (χ3n) is 5.19. The molecule has 3 aromatic carbocycles. The largest absolute Gasteiger partial charge is 0.488 e. The number of nitrogens with zero attached hydrogens (tertiary/aromatic N) is 2. The molecule has 0 bridgehead atoms. The Morgan fingerprint density at radius 2 is 1.86 bits per heavy atom. The number of thioether (sulfide) groups is 1. The molecule has 1 saturated heterocycles. The Balaban J connectivity index is 1.54. The van der Waals surface area contributed by atoms with Crippen LogP contribution in [0, 0.1) is 11.3 Å². The molecule has 1 N–H and O–H groups in total. The molecule has 35 heavy (non-hydrogen) atoms. The first kappa shape index (κ1) is 24.3. The highest BCUT2D eigenvalue weighted by molar-refractivity contribution is 9.10. The molecule has 0 spiro atoms. The number of carboxylic acids is 1. The Morgan fingerprint density at radius 3 is 2.57 bits per heavy atom. The fourth-order valence-corrected chi connectivity index (χ4v) is 4.59. The van der Waals surface area contributed by atoms with Gasteiger partial charge in [0.25, 0.3) is 11.1 Å². The Kier molecular flexibility index (Phi) is 7.34. The number of carbonyl (C=O) groups excluding carboxylic acids is 2. The number of ether oxygens (including phenoxy) is 1. The van der Waals surface area contributed by atoms with Gasteiger partial charge in [0, 0.05) is 10.0 Å². The molecule has 3 aromatic rings. The first-order valence-corrected chi connectivity index (χ1v) is 11.9. The lowest BCUT2D eigenvalue weighted by Crippen LogP contribution is -2.27. The van der Waals surface area contributed by atoms with Gasteiger partial charge >= 0.3 is 5.97 Å². The van der Waals surface area contributed by atoms with Crippen LogP contribution < -0.4 is 4.74 Å². The topological polar surface area (TPSA) is 108 Å². The van der Waals surface area contributed by atoms with Crippen molar-refractivity contribution in [3.63, 3.8) is 0 Å². The lowest BCUT2D eigenvalue weighted by molar-refractivity contribution is -0.123. The third-order valence-corrected chi connectivity index (χ3v) is 6.59. The van der Waals surface area contributed by atoms with Gasteiger partial charge in [-0.2, -0.15) is 5.26 Å². The van der Waals surface area contributed by atoms with E-state index in [0.29, 0.717) is 22.4 Å². The summed E-state index contributed by atoms with van der Waals surface area (Å²) in [5, 5.41) is 17.9. The van der Waals surface area contributed by atoms with Crippen molar-refractivity contribution in [3.8, 4) is 11.8 Å². The van der Waals surface area contributed by atoms with Crippen LogP contribution in [0.25, 0.3) is 6.08 Å². The average Bonchev–Trinajstić information content (AvgIpc) is 3.11. The van der Waals surface area contributed by atoms with E-state index in [1.807, 2.05) is 0 Å². The number of rotatable bonds is 7. The molecule has 9 heteroatoms. The van der Waals surface area contributed by atoms with Gasteiger partial charge in [0.1, 0.15) is 12.4 Å². The summed E-state index contributed by atoms with van der Waals surface area (Å²) in [7, 11) is 0. The second-order valence-corrected chi connectivity index (χ2v) is 9.42.